The molecule has 1 aromatic rings. The summed E-state index contributed by atoms with van der Waals surface area (Å²) in [6, 6.07) is 8.22. The lowest BCUT2D eigenvalue weighted by atomic mass is 10.1. The molecule has 0 unspecified atom stereocenters. The zero-order valence-electron chi connectivity index (χ0n) is 10.2. The molecule has 1 aliphatic carbocycles. The molecule has 0 radical (unpaired) electrons. The SMILES string of the molecule is COc1ccc(CN2C(=O)[C@H]3C[C@@H]2[C@@H]2O[C@@H]23)cc1. The number of carbonyl (C=O) groups is 1. The summed E-state index contributed by atoms with van der Waals surface area (Å²) in [6.07, 6.45) is 1.56. The van der Waals surface area contributed by atoms with Gasteiger partial charge in [-0.1, -0.05) is 12.1 Å². The maximum Gasteiger partial charge on any atom is 0.229 e. The third-order valence-corrected chi connectivity index (χ3v) is 4.35. The molecule has 4 nitrogen and oxygen atoms in total. The van der Waals surface area contributed by atoms with E-state index in [1.165, 1.54) is 0 Å². The fourth-order valence-corrected chi connectivity index (χ4v) is 3.34. The van der Waals surface area contributed by atoms with Crippen LogP contribution in [0.25, 0.3) is 0 Å². The molecule has 18 heavy (non-hydrogen) atoms. The number of amides is 1. The molecule has 94 valence electrons. The molecule has 0 spiro atoms. The number of fused-ring (bicyclic) bond motifs is 5. The summed E-state index contributed by atoms with van der Waals surface area (Å²) in [7, 11) is 1.66. The van der Waals surface area contributed by atoms with Crippen LogP contribution in [0.3, 0.4) is 0 Å². The minimum atomic E-state index is 0.137. The standard InChI is InChI=1S/C14H15NO3/c1-17-9-4-2-8(3-5-9)7-15-11-6-10(14(15)16)12-13(11)18-12/h2-5,10-13H,6-7H2,1H3/t10-,11+,12+,13-/m0/s1. The van der Waals surface area contributed by atoms with Crippen LogP contribution in [0.15, 0.2) is 24.3 Å². The van der Waals surface area contributed by atoms with Crippen LogP contribution < -0.4 is 4.74 Å². The Labute approximate surface area is 105 Å². The molecule has 0 aromatic heterocycles. The average Bonchev–Trinajstić information content (AvgIpc) is 3.04. The van der Waals surface area contributed by atoms with E-state index in [2.05, 4.69) is 0 Å². The number of methoxy groups -OCH3 is 1. The number of nitrogens with zero attached hydrogens (tertiary/aromatic N) is 1. The van der Waals surface area contributed by atoms with E-state index in [0.29, 0.717) is 18.7 Å². The summed E-state index contributed by atoms with van der Waals surface area (Å²) < 4.78 is 10.7. The normalized spacial score (nSPS) is 35.8. The van der Waals surface area contributed by atoms with Gasteiger partial charge in [0.1, 0.15) is 11.9 Å². The van der Waals surface area contributed by atoms with Gasteiger partial charge >= 0.3 is 0 Å². The molecule has 0 N–H and O–H groups in total. The van der Waals surface area contributed by atoms with Crippen LogP contribution in [-0.2, 0) is 16.1 Å². The predicted octanol–water partition coefficient (Wildman–Crippen LogP) is 1.19. The number of piperidine rings is 1. The lowest BCUT2D eigenvalue weighted by molar-refractivity contribution is -0.133. The Morgan fingerprint density at radius 3 is 2.78 bits per heavy atom. The second-order valence-electron chi connectivity index (χ2n) is 5.29. The third-order valence-electron chi connectivity index (χ3n) is 4.35. The summed E-state index contributed by atoms with van der Waals surface area (Å²) in [6.45, 7) is 0.691. The van der Waals surface area contributed by atoms with Crippen LogP contribution in [0.1, 0.15) is 12.0 Å². The molecule has 4 heteroatoms. The second-order valence-corrected chi connectivity index (χ2v) is 5.29. The maximum atomic E-state index is 12.2. The number of rotatable bonds is 3. The summed E-state index contributed by atoms with van der Waals surface area (Å²) >= 11 is 0. The summed E-state index contributed by atoms with van der Waals surface area (Å²) in [4.78, 5) is 14.1. The highest BCUT2D eigenvalue weighted by Gasteiger charge is 2.66. The largest absolute Gasteiger partial charge is 0.497 e. The van der Waals surface area contributed by atoms with E-state index in [1.807, 2.05) is 29.2 Å². The quantitative estimate of drug-likeness (QED) is 0.751. The zero-order chi connectivity index (χ0) is 12.3. The maximum absolute atomic E-state index is 12.2. The van der Waals surface area contributed by atoms with Gasteiger partial charge < -0.3 is 14.4 Å². The van der Waals surface area contributed by atoms with Crippen molar-refractivity contribution in [2.45, 2.75) is 31.2 Å². The Morgan fingerprint density at radius 2 is 2.11 bits per heavy atom. The zero-order valence-corrected chi connectivity index (χ0v) is 10.2. The van der Waals surface area contributed by atoms with Gasteiger partial charge in [0.05, 0.1) is 25.2 Å². The molecule has 2 aliphatic heterocycles. The first-order valence-corrected chi connectivity index (χ1v) is 6.37. The Balaban J connectivity index is 1.52. The highest BCUT2D eigenvalue weighted by atomic mass is 16.6. The minimum absolute atomic E-state index is 0.137. The van der Waals surface area contributed by atoms with E-state index in [9.17, 15) is 4.79 Å². The van der Waals surface area contributed by atoms with E-state index in [4.69, 9.17) is 9.47 Å². The number of likely N-dealkylation sites (tertiary alicyclic amines) is 1. The van der Waals surface area contributed by atoms with Crippen LogP contribution in [0.5, 0.6) is 5.75 Å². The molecule has 3 fully saturated rings. The first-order valence-electron chi connectivity index (χ1n) is 6.37. The van der Waals surface area contributed by atoms with Crippen molar-refractivity contribution in [1.29, 1.82) is 0 Å². The number of hydrogen-bond acceptors (Lipinski definition) is 3. The molecule has 1 saturated carbocycles. The van der Waals surface area contributed by atoms with Crippen LogP contribution >= 0.6 is 0 Å². The monoisotopic (exact) mass is 245 g/mol. The first kappa shape index (κ1) is 10.4. The molecule has 2 saturated heterocycles. The lowest BCUT2D eigenvalue weighted by Gasteiger charge is -2.25. The fraction of sp³-hybridized carbons (Fsp3) is 0.500. The van der Waals surface area contributed by atoms with Gasteiger partial charge in [0.15, 0.2) is 0 Å². The van der Waals surface area contributed by atoms with Gasteiger partial charge in [-0.15, -0.1) is 0 Å². The van der Waals surface area contributed by atoms with Crippen molar-refractivity contribution in [1.82, 2.24) is 4.90 Å². The lowest BCUT2D eigenvalue weighted by Crippen LogP contribution is -2.40. The molecule has 2 heterocycles. The summed E-state index contributed by atoms with van der Waals surface area (Å²) in [5.41, 5.74) is 1.15. The first-order chi connectivity index (χ1) is 8.78. The second kappa shape index (κ2) is 3.48. The van der Waals surface area contributed by atoms with Crippen molar-refractivity contribution in [2.75, 3.05) is 7.11 Å². The number of carbonyl (C=O) groups excluding carboxylic acids is 1. The smallest absolute Gasteiger partial charge is 0.229 e. The van der Waals surface area contributed by atoms with Crippen molar-refractivity contribution < 1.29 is 14.3 Å². The van der Waals surface area contributed by atoms with Gasteiger partial charge in [0, 0.05) is 6.54 Å². The van der Waals surface area contributed by atoms with Gasteiger partial charge in [0.2, 0.25) is 5.91 Å². The number of ether oxygens (including phenoxy) is 2. The Bertz CT molecular complexity index is 498. The Morgan fingerprint density at radius 1 is 1.33 bits per heavy atom. The number of epoxide rings is 1. The minimum Gasteiger partial charge on any atom is -0.497 e. The van der Waals surface area contributed by atoms with E-state index in [-0.39, 0.29) is 17.9 Å². The van der Waals surface area contributed by atoms with E-state index in [1.54, 1.807) is 7.11 Å². The van der Waals surface area contributed by atoms with E-state index in [0.717, 1.165) is 17.7 Å². The molecule has 1 aromatic carbocycles. The Kier molecular flexibility index (Phi) is 2.01. The van der Waals surface area contributed by atoms with Crippen molar-refractivity contribution in [3.05, 3.63) is 29.8 Å². The highest BCUT2D eigenvalue weighted by Crippen LogP contribution is 2.51. The van der Waals surface area contributed by atoms with Gasteiger partial charge in [-0.2, -0.15) is 0 Å². The highest BCUT2D eigenvalue weighted by molar-refractivity contribution is 5.84. The van der Waals surface area contributed by atoms with Gasteiger partial charge in [-0.05, 0) is 24.1 Å². The van der Waals surface area contributed by atoms with Gasteiger partial charge in [-0.25, -0.2) is 0 Å². The van der Waals surface area contributed by atoms with Crippen molar-refractivity contribution >= 4 is 5.91 Å². The molecular formula is C14H15NO3. The molecule has 2 bridgehead atoms. The van der Waals surface area contributed by atoms with Gasteiger partial charge in [0.25, 0.3) is 0 Å². The van der Waals surface area contributed by atoms with Gasteiger partial charge in [-0.3, -0.25) is 4.79 Å². The molecule has 4 rings (SSSR count). The van der Waals surface area contributed by atoms with Crippen LogP contribution in [0.2, 0.25) is 0 Å². The molecule has 3 aliphatic rings. The van der Waals surface area contributed by atoms with E-state index < -0.39 is 0 Å². The number of hydrogen-bond donors (Lipinski definition) is 0. The van der Waals surface area contributed by atoms with Crippen molar-refractivity contribution in [3.63, 3.8) is 0 Å². The number of benzene rings is 1. The molecular weight excluding hydrogens is 230 g/mol. The fourth-order valence-electron chi connectivity index (χ4n) is 3.34. The Hall–Kier alpha value is -1.55. The van der Waals surface area contributed by atoms with Crippen molar-refractivity contribution in [2.24, 2.45) is 5.92 Å². The molecule has 4 atom stereocenters. The van der Waals surface area contributed by atoms with Crippen LogP contribution in [0, 0.1) is 5.92 Å². The van der Waals surface area contributed by atoms with E-state index >= 15 is 0 Å². The van der Waals surface area contributed by atoms with Crippen molar-refractivity contribution in [3.8, 4) is 5.75 Å². The average molecular weight is 245 g/mol. The van der Waals surface area contributed by atoms with Crippen LogP contribution in [-0.4, -0.2) is 36.2 Å². The van der Waals surface area contributed by atoms with Crippen LogP contribution in [0.4, 0.5) is 0 Å². The topological polar surface area (TPSA) is 42.1 Å². The summed E-state index contributed by atoms with van der Waals surface area (Å²) in [5, 5.41) is 0. The third kappa shape index (κ3) is 1.32. The summed E-state index contributed by atoms with van der Waals surface area (Å²) in [5.74, 6) is 1.26. The predicted molar refractivity (Wildman–Crippen MR) is 64.1 cm³/mol. The molecule has 1 amide bonds.